The molecule has 1 aliphatic rings. The van der Waals surface area contributed by atoms with Crippen molar-refractivity contribution in [1.82, 2.24) is 15.2 Å². The molecule has 0 unspecified atom stereocenters. The normalized spacial score (nSPS) is 14.1. The van der Waals surface area contributed by atoms with E-state index in [4.69, 9.17) is 23.2 Å². The zero-order valence-electron chi connectivity index (χ0n) is 15.4. The summed E-state index contributed by atoms with van der Waals surface area (Å²) in [6, 6.07) is 9.25. The number of pyridine rings is 1. The molecule has 1 fully saturated rings. The number of carbonyl (C=O) groups is 1. The molecule has 0 radical (unpaired) electrons. The molecule has 0 saturated carbocycles. The smallest absolute Gasteiger partial charge is 0.317 e. The van der Waals surface area contributed by atoms with Crippen LogP contribution < -0.4 is 10.2 Å². The lowest BCUT2D eigenvalue weighted by Crippen LogP contribution is -2.36. The summed E-state index contributed by atoms with van der Waals surface area (Å²) in [4.78, 5) is 20.8. The van der Waals surface area contributed by atoms with Crippen molar-refractivity contribution >= 4 is 35.1 Å². The van der Waals surface area contributed by atoms with E-state index in [1.807, 2.05) is 18.2 Å². The third-order valence-electron chi connectivity index (χ3n) is 4.72. The summed E-state index contributed by atoms with van der Waals surface area (Å²) in [5, 5.41) is 3.92. The predicted octanol–water partition coefficient (Wildman–Crippen LogP) is 4.72. The fourth-order valence-corrected chi connectivity index (χ4v) is 3.56. The highest BCUT2D eigenvalue weighted by Crippen LogP contribution is 2.26. The summed E-state index contributed by atoms with van der Waals surface area (Å²) in [7, 11) is 1.73. The second-order valence-corrected chi connectivity index (χ2v) is 7.58. The SMILES string of the molecule is CN(Cc1cccc(Cl)c1Cl)C(=O)NCc1ccnc(N2CCCCC2)c1. The Hall–Kier alpha value is -1.98. The van der Waals surface area contributed by atoms with E-state index < -0.39 is 0 Å². The van der Waals surface area contributed by atoms with Crippen LogP contribution in [0.2, 0.25) is 10.0 Å². The van der Waals surface area contributed by atoms with Gasteiger partial charge in [0.1, 0.15) is 5.82 Å². The number of urea groups is 1. The lowest BCUT2D eigenvalue weighted by Gasteiger charge is -2.28. The molecular weight excluding hydrogens is 383 g/mol. The van der Waals surface area contributed by atoms with Crippen LogP contribution in [0.25, 0.3) is 0 Å². The Balaban J connectivity index is 1.56. The van der Waals surface area contributed by atoms with Crippen LogP contribution in [0.4, 0.5) is 10.6 Å². The van der Waals surface area contributed by atoms with Gasteiger partial charge in [-0.05, 0) is 48.6 Å². The van der Waals surface area contributed by atoms with Crippen molar-refractivity contribution in [3.63, 3.8) is 0 Å². The van der Waals surface area contributed by atoms with E-state index in [9.17, 15) is 4.79 Å². The number of piperidine rings is 1. The Morgan fingerprint density at radius 2 is 2.00 bits per heavy atom. The minimum absolute atomic E-state index is 0.164. The number of hydrogen-bond donors (Lipinski definition) is 1. The molecule has 1 N–H and O–H groups in total. The standard InChI is InChI=1S/C20H24Cl2N4O/c1-25(14-16-6-5-7-17(21)19(16)22)20(27)24-13-15-8-9-23-18(12-15)26-10-3-2-4-11-26/h5-9,12H,2-4,10-11,13-14H2,1H3,(H,24,27). The molecular formula is C20H24Cl2N4O. The van der Waals surface area contributed by atoms with Crippen molar-refractivity contribution in [1.29, 1.82) is 0 Å². The van der Waals surface area contributed by atoms with Gasteiger partial charge in [-0.25, -0.2) is 9.78 Å². The first-order valence-electron chi connectivity index (χ1n) is 9.16. The first kappa shape index (κ1) is 19.8. The molecule has 144 valence electrons. The molecule has 1 aliphatic heterocycles. The number of rotatable bonds is 5. The molecule has 1 aromatic heterocycles. The maximum absolute atomic E-state index is 12.4. The van der Waals surface area contributed by atoms with Crippen LogP contribution in [0.15, 0.2) is 36.5 Å². The van der Waals surface area contributed by atoms with Crippen LogP contribution >= 0.6 is 23.2 Å². The van der Waals surface area contributed by atoms with Gasteiger partial charge in [0.05, 0.1) is 10.0 Å². The summed E-state index contributed by atoms with van der Waals surface area (Å²) in [5.41, 5.74) is 1.85. The monoisotopic (exact) mass is 406 g/mol. The topological polar surface area (TPSA) is 48.5 Å². The average Bonchev–Trinajstić information content (AvgIpc) is 2.70. The summed E-state index contributed by atoms with van der Waals surface area (Å²) >= 11 is 12.2. The lowest BCUT2D eigenvalue weighted by molar-refractivity contribution is 0.206. The molecule has 0 atom stereocenters. The van der Waals surface area contributed by atoms with Crippen molar-refractivity contribution in [2.24, 2.45) is 0 Å². The summed E-state index contributed by atoms with van der Waals surface area (Å²) < 4.78 is 0. The van der Waals surface area contributed by atoms with E-state index in [-0.39, 0.29) is 6.03 Å². The van der Waals surface area contributed by atoms with E-state index in [1.165, 1.54) is 19.3 Å². The van der Waals surface area contributed by atoms with E-state index in [0.29, 0.717) is 23.1 Å². The number of benzene rings is 1. The fraction of sp³-hybridized carbons (Fsp3) is 0.400. The molecule has 27 heavy (non-hydrogen) atoms. The Kier molecular flexibility index (Phi) is 6.80. The van der Waals surface area contributed by atoms with E-state index in [0.717, 1.165) is 30.0 Å². The van der Waals surface area contributed by atoms with Crippen molar-refractivity contribution in [2.45, 2.75) is 32.4 Å². The predicted molar refractivity (Wildman–Crippen MR) is 110 cm³/mol. The third-order valence-corrected chi connectivity index (χ3v) is 5.58. The highest BCUT2D eigenvalue weighted by Gasteiger charge is 2.14. The number of nitrogens with one attached hydrogen (secondary N) is 1. The Morgan fingerprint density at radius 3 is 2.78 bits per heavy atom. The second kappa shape index (κ2) is 9.29. The first-order chi connectivity index (χ1) is 13.0. The molecule has 1 aromatic carbocycles. The quantitative estimate of drug-likeness (QED) is 0.780. The molecule has 0 bridgehead atoms. The van der Waals surface area contributed by atoms with Gasteiger partial charge < -0.3 is 15.1 Å². The highest BCUT2D eigenvalue weighted by atomic mass is 35.5. The van der Waals surface area contributed by atoms with Gasteiger partial charge >= 0.3 is 6.03 Å². The van der Waals surface area contributed by atoms with E-state index in [1.54, 1.807) is 24.2 Å². The van der Waals surface area contributed by atoms with Gasteiger partial charge in [-0.15, -0.1) is 0 Å². The Morgan fingerprint density at radius 1 is 1.22 bits per heavy atom. The van der Waals surface area contributed by atoms with Gasteiger partial charge in [-0.2, -0.15) is 0 Å². The number of aromatic nitrogens is 1. The van der Waals surface area contributed by atoms with Crippen LogP contribution in [0.3, 0.4) is 0 Å². The van der Waals surface area contributed by atoms with Gasteiger partial charge in [-0.1, -0.05) is 35.3 Å². The molecule has 3 rings (SSSR count). The van der Waals surface area contributed by atoms with Crippen LogP contribution in [0.1, 0.15) is 30.4 Å². The Labute approximate surface area is 170 Å². The number of hydrogen-bond acceptors (Lipinski definition) is 3. The van der Waals surface area contributed by atoms with Crippen LogP contribution in [-0.2, 0) is 13.1 Å². The lowest BCUT2D eigenvalue weighted by atomic mass is 10.1. The number of carbonyl (C=O) groups excluding carboxylic acids is 1. The number of halogens is 2. The third kappa shape index (κ3) is 5.27. The first-order valence-corrected chi connectivity index (χ1v) is 9.92. The van der Waals surface area contributed by atoms with Gasteiger partial charge in [0.25, 0.3) is 0 Å². The molecule has 2 aromatic rings. The van der Waals surface area contributed by atoms with Crippen molar-refractivity contribution in [3.05, 3.63) is 57.7 Å². The summed E-state index contributed by atoms with van der Waals surface area (Å²) in [5.74, 6) is 0.987. The van der Waals surface area contributed by atoms with E-state index in [2.05, 4.69) is 21.3 Å². The average molecular weight is 407 g/mol. The van der Waals surface area contributed by atoms with Crippen LogP contribution in [0.5, 0.6) is 0 Å². The summed E-state index contributed by atoms with van der Waals surface area (Å²) in [6.07, 6.45) is 5.51. The molecule has 5 nitrogen and oxygen atoms in total. The van der Waals surface area contributed by atoms with E-state index >= 15 is 0 Å². The van der Waals surface area contributed by atoms with Crippen molar-refractivity contribution < 1.29 is 4.79 Å². The summed E-state index contributed by atoms with van der Waals surface area (Å²) in [6.45, 7) is 2.94. The van der Waals surface area contributed by atoms with Crippen molar-refractivity contribution in [2.75, 3.05) is 25.0 Å². The fourth-order valence-electron chi connectivity index (χ4n) is 3.18. The molecule has 2 amide bonds. The Bertz CT molecular complexity index is 793. The molecule has 7 heteroatoms. The van der Waals surface area contributed by atoms with Gasteiger partial charge in [-0.3, -0.25) is 0 Å². The zero-order chi connectivity index (χ0) is 19.2. The zero-order valence-corrected chi connectivity index (χ0v) is 16.9. The molecule has 2 heterocycles. The maximum atomic E-state index is 12.4. The molecule has 1 saturated heterocycles. The number of amides is 2. The van der Waals surface area contributed by atoms with Crippen LogP contribution in [-0.4, -0.2) is 36.1 Å². The minimum Gasteiger partial charge on any atom is -0.357 e. The second-order valence-electron chi connectivity index (χ2n) is 6.80. The highest BCUT2D eigenvalue weighted by molar-refractivity contribution is 6.42. The van der Waals surface area contributed by atoms with Gasteiger partial charge in [0, 0.05) is 39.4 Å². The maximum Gasteiger partial charge on any atom is 0.317 e. The number of anilines is 1. The van der Waals surface area contributed by atoms with Gasteiger partial charge in [0.2, 0.25) is 0 Å². The molecule has 0 aliphatic carbocycles. The van der Waals surface area contributed by atoms with Gasteiger partial charge in [0.15, 0.2) is 0 Å². The minimum atomic E-state index is -0.164. The number of nitrogens with zero attached hydrogens (tertiary/aromatic N) is 3. The van der Waals surface area contributed by atoms with Crippen molar-refractivity contribution in [3.8, 4) is 0 Å². The largest absolute Gasteiger partial charge is 0.357 e. The van der Waals surface area contributed by atoms with Crippen LogP contribution in [0, 0.1) is 0 Å². The molecule has 0 spiro atoms.